The second-order valence-electron chi connectivity index (χ2n) is 7.51. The molecule has 1 aliphatic rings. The molecule has 1 amide bonds. The van der Waals surface area contributed by atoms with Gasteiger partial charge in [-0.1, -0.05) is 18.2 Å². The van der Waals surface area contributed by atoms with Gasteiger partial charge in [0.15, 0.2) is 0 Å². The lowest BCUT2D eigenvalue weighted by atomic mass is 10.1. The van der Waals surface area contributed by atoms with Crippen LogP contribution in [0.15, 0.2) is 60.9 Å². The number of hydrogen-bond donors (Lipinski definition) is 3. The van der Waals surface area contributed by atoms with Gasteiger partial charge in [0.2, 0.25) is 0 Å². The van der Waals surface area contributed by atoms with Crippen molar-refractivity contribution in [1.29, 1.82) is 10.8 Å². The molecule has 2 aromatic heterocycles. The second-order valence-corrected chi connectivity index (χ2v) is 7.51. The molecular weight excluding hydrogens is 433 g/mol. The third-order valence-electron chi connectivity index (χ3n) is 5.11. The molecule has 7 nitrogen and oxygen atoms in total. The average Bonchev–Trinajstić information content (AvgIpc) is 3.64. The van der Waals surface area contributed by atoms with Gasteiger partial charge >= 0.3 is 6.18 Å². The molecule has 1 aliphatic carbocycles. The Morgan fingerprint density at radius 1 is 1.09 bits per heavy atom. The highest BCUT2D eigenvalue weighted by Gasteiger charge is 2.32. The number of halogens is 3. The number of pyridine rings is 2. The van der Waals surface area contributed by atoms with Gasteiger partial charge in [0.05, 0.1) is 6.34 Å². The monoisotopic (exact) mass is 452 g/mol. The summed E-state index contributed by atoms with van der Waals surface area (Å²) in [6.07, 6.45) is 0.975. The second kappa shape index (κ2) is 8.81. The van der Waals surface area contributed by atoms with Crippen molar-refractivity contribution in [2.45, 2.75) is 25.1 Å². The first kappa shape index (κ1) is 22.1. The number of aromatic nitrogens is 2. The van der Waals surface area contributed by atoms with Gasteiger partial charge in [0.1, 0.15) is 17.2 Å². The quantitative estimate of drug-likeness (QED) is 0.369. The highest BCUT2D eigenvalue weighted by molar-refractivity contribution is 6.06. The van der Waals surface area contributed by atoms with E-state index in [1.54, 1.807) is 35.2 Å². The van der Waals surface area contributed by atoms with Crippen LogP contribution in [0.5, 0.6) is 0 Å². The third-order valence-corrected chi connectivity index (χ3v) is 5.11. The van der Waals surface area contributed by atoms with Crippen molar-refractivity contribution >= 4 is 23.8 Å². The van der Waals surface area contributed by atoms with Crippen LogP contribution in [-0.2, 0) is 6.18 Å². The molecule has 3 N–H and O–H groups in total. The zero-order valence-corrected chi connectivity index (χ0v) is 17.2. The minimum Gasteiger partial charge on any atom is -0.321 e. The summed E-state index contributed by atoms with van der Waals surface area (Å²) >= 11 is 0. The molecule has 10 heteroatoms. The fraction of sp³-hybridized carbons (Fsp3) is 0.174. The fourth-order valence-corrected chi connectivity index (χ4v) is 3.26. The maximum absolute atomic E-state index is 12.7. The number of carbonyl (C=O) groups excluding carboxylic acids is 1. The van der Waals surface area contributed by atoms with Crippen molar-refractivity contribution in [3.63, 3.8) is 0 Å². The van der Waals surface area contributed by atoms with Crippen LogP contribution >= 0.6 is 0 Å². The van der Waals surface area contributed by atoms with Crippen LogP contribution in [0.25, 0.3) is 11.1 Å². The van der Waals surface area contributed by atoms with Gasteiger partial charge in [-0.15, -0.1) is 0 Å². The first-order valence-electron chi connectivity index (χ1n) is 10.0. The first-order chi connectivity index (χ1) is 15.8. The Kier molecular flexibility index (Phi) is 5.91. The minimum absolute atomic E-state index is 0.0759. The standard InChI is InChI=1S/C23H19F3N6O/c24-23(25,26)20-7-4-16(12-30-20)14-8-9-29-19(11-14)22(33)31-17-3-1-2-15(10-17)21(28)32(13-27)18-5-6-18/h1-4,7-13,18,27-28H,5-6H2,(H,31,33). The molecule has 2 heterocycles. The van der Waals surface area contributed by atoms with Crippen molar-refractivity contribution in [1.82, 2.24) is 14.9 Å². The summed E-state index contributed by atoms with van der Waals surface area (Å²) in [6, 6.07) is 12.1. The predicted molar refractivity (Wildman–Crippen MR) is 117 cm³/mol. The molecule has 0 aliphatic heterocycles. The molecule has 1 fully saturated rings. The number of alkyl halides is 3. The molecule has 0 bridgehead atoms. The predicted octanol–water partition coefficient (Wildman–Crippen LogP) is 4.81. The molecule has 0 radical (unpaired) electrons. The van der Waals surface area contributed by atoms with Crippen LogP contribution in [0.2, 0.25) is 0 Å². The van der Waals surface area contributed by atoms with Crippen molar-refractivity contribution in [3.8, 4) is 11.1 Å². The highest BCUT2D eigenvalue weighted by Crippen LogP contribution is 2.29. The van der Waals surface area contributed by atoms with E-state index in [0.29, 0.717) is 22.4 Å². The summed E-state index contributed by atoms with van der Waals surface area (Å²) < 4.78 is 38.2. The minimum atomic E-state index is -4.53. The van der Waals surface area contributed by atoms with E-state index in [0.717, 1.165) is 31.4 Å². The van der Waals surface area contributed by atoms with Crippen LogP contribution in [0, 0.1) is 10.8 Å². The number of nitrogens with one attached hydrogen (secondary N) is 3. The Hall–Kier alpha value is -4.08. The lowest BCUT2D eigenvalue weighted by Gasteiger charge is -2.19. The van der Waals surface area contributed by atoms with Gasteiger partial charge in [-0.05, 0) is 48.7 Å². The number of rotatable bonds is 6. The van der Waals surface area contributed by atoms with E-state index in [9.17, 15) is 18.0 Å². The first-order valence-corrected chi connectivity index (χ1v) is 10.0. The van der Waals surface area contributed by atoms with Crippen molar-refractivity contribution < 1.29 is 18.0 Å². The van der Waals surface area contributed by atoms with Crippen LogP contribution in [-0.4, -0.2) is 39.0 Å². The molecule has 3 aromatic rings. The van der Waals surface area contributed by atoms with E-state index in [1.807, 2.05) is 0 Å². The van der Waals surface area contributed by atoms with E-state index in [2.05, 4.69) is 15.3 Å². The summed E-state index contributed by atoms with van der Waals surface area (Å²) in [7, 11) is 0. The van der Waals surface area contributed by atoms with Gasteiger partial charge in [0, 0.05) is 35.2 Å². The SMILES string of the molecule is N=CN(C(=N)c1cccc(NC(=O)c2cc(-c3ccc(C(F)(F)F)nc3)ccn2)c1)C1CC1. The average molecular weight is 452 g/mol. The molecular formula is C23H19F3N6O. The highest BCUT2D eigenvalue weighted by atomic mass is 19.4. The number of anilines is 1. The maximum atomic E-state index is 12.7. The fourth-order valence-electron chi connectivity index (χ4n) is 3.26. The smallest absolute Gasteiger partial charge is 0.321 e. The summed E-state index contributed by atoms with van der Waals surface area (Å²) in [5.41, 5.74) is 1.01. The Morgan fingerprint density at radius 2 is 1.88 bits per heavy atom. The van der Waals surface area contributed by atoms with E-state index < -0.39 is 17.8 Å². The molecule has 0 unspecified atom stereocenters. The Bertz CT molecular complexity index is 1210. The number of amidine groups is 1. The van der Waals surface area contributed by atoms with E-state index in [-0.39, 0.29) is 17.6 Å². The Labute approximate surface area is 187 Å². The Morgan fingerprint density at radius 3 is 2.52 bits per heavy atom. The van der Waals surface area contributed by atoms with Crippen LogP contribution in [0.4, 0.5) is 18.9 Å². The zero-order chi connectivity index (χ0) is 23.6. The van der Waals surface area contributed by atoms with Gasteiger partial charge in [-0.25, -0.2) is 0 Å². The molecule has 1 aromatic carbocycles. The topological polar surface area (TPSA) is 106 Å². The lowest BCUT2D eigenvalue weighted by molar-refractivity contribution is -0.141. The normalized spacial score (nSPS) is 13.3. The summed E-state index contributed by atoms with van der Waals surface area (Å²) in [4.78, 5) is 21.8. The number of hydrogen-bond acceptors (Lipinski definition) is 5. The van der Waals surface area contributed by atoms with Crippen molar-refractivity contribution in [2.24, 2.45) is 0 Å². The molecule has 33 heavy (non-hydrogen) atoms. The van der Waals surface area contributed by atoms with Crippen molar-refractivity contribution in [3.05, 3.63) is 77.9 Å². The third kappa shape index (κ3) is 5.05. The molecule has 4 rings (SSSR count). The zero-order valence-electron chi connectivity index (χ0n) is 17.2. The number of carbonyl (C=O) groups is 1. The van der Waals surface area contributed by atoms with Gasteiger partial charge < -0.3 is 10.2 Å². The molecule has 0 atom stereocenters. The maximum Gasteiger partial charge on any atom is 0.433 e. The molecule has 0 saturated heterocycles. The van der Waals surface area contributed by atoms with Crippen molar-refractivity contribution in [2.75, 3.05) is 5.32 Å². The van der Waals surface area contributed by atoms with Gasteiger partial charge in [-0.2, -0.15) is 13.2 Å². The summed E-state index contributed by atoms with van der Waals surface area (Å²) in [6.45, 7) is 0. The number of benzene rings is 1. The number of nitrogens with zero attached hydrogens (tertiary/aromatic N) is 3. The van der Waals surface area contributed by atoms with E-state index in [4.69, 9.17) is 10.8 Å². The molecule has 0 spiro atoms. The largest absolute Gasteiger partial charge is 0.433 e. The van der Waals surface area contributed by atoms with Crippen LogP contribution < -0.4 is 5.32 Å². The van der Waals surface area contributed by atoms with Gasteiger partial charge in [-0.3, -0.25) is 25.6 Å². The van der Waals surface area contributed by atoms with E-state index in [1.165, 1.54) is 18.3 Å². The molecule has 1 saturated carbocycles. The molecule has 168 valence electrons. The van der Waals surface area contributed by atoms with E-state index >= 15 is 0 Å². The Balaban J connectivity index is 1.50. The summed E-state index contributed by atoms with van der Waals surface area (Å²) in [5.74, 6) is -0.329. The van der Waals surface area contributed by atoms with Gasteiger partial charge in [0.25, 0.3) is 5.91 Å². The summed E-state index contributed by atoms with van der Waals surface area (Å²) in [5, 5.41) is 18.6. The van der Waals surface area contributed by atoms with Crippen LogP contribution in [0.3, 0.4) is 0 Å². The van der Waals surface area contributed by atoms with Crippen LogP contribution in [0.1, 0.15) is 34.6 Å². The lowest BCUT2D eigenvalue weighted by Crippen LogP contribution is -2.31. The number of amides is 1.